The number of piperazine rings is 1. The number of carbonyl (C=O) groups excluding carboxylic acids is 2. The third kappa shape index (κ3) is 7.17. The molecule has 1 saturated heterocycles. The number of benzene rings is 2. The highest BCUT2D eigenvalue weighted by Crippen LogP contribution is 2.26. The fourth-order valence-electron chi connectivity index (χ4n) is 3.87. The third-order valence-corrected chi connectivity index (χ3v) is 6.35. The first-order chi connectivity index (χ1) is 15.9. The number of hydrogen-bond acceptors (Lipinski definition) is 4. The Kier molecular flexibility index (Phi) is 8.61. The molecule has 0 spiro atoms. The molecule has 2 aromatic carbocycles. The van der Waals surface area contributed by atoms with Gasteiger partial charge in [0.1, 0.15) is 11.6 Å². The molecule has 0 aliphatic carbocycles. The average molecular weight is 527 g/mol. The van der Waals surface area contributed by atoms with Crippen LogP contribution < -0.4 is 10.2 Å². The Balaban J connectivity index is 1.73. The molecule has 1 heterocycles. The number of anilines is 1. The number of amides is 2. The standard InChI is InChI=1S/C25H30Cl3N3O3/c1-16-5-7-19(27)15-22(16)30-9-11-31(12-10-30)23(32)21(29-24(33)34-25(2,3)4)13-17-6-8-18(26)14-20(17)28/h5-8,14-15,21H,9-13H2,1-4H3,(H,29,33). The topological polar surface area (TPSA) is 61.9 Å². The number of nitrogens with one attached hydrogen (secondary N) is 1. The van der Waals surface area contributed by atoms with Crippen LogP contribution in [0.25, 0.3) is 0 Å². The van der Waals surface area contributed by atoms with Gasteiger partial charge in [-0.15, -0.1) is 0 Å². The lowest BCUT2D eigenvalue weighted by atomic mass is 10.0. The molecule has 0 saturated carbocycles. The minimum Gasteiger partial charge on any atom is -0.444 e. The Bertz CT molecular complexity index is 1050. The van der Waals surface area contributed by atoms with Crippen LogP contribution in [0.2, 0.25) is 15.1 Å². The monoisotopic (exact) mass is 525 g/mol. The van der Waals surface area contributed by atoms with Gasteiger partial charge in [-0.2, -0.15) is 0 Å². The van der Waals surface area contributed by atoms with E-state index in [0.29, 0.717) is 46.8 Å². The van der Waals surface area contributed by atoms with Gasteiger partial charge >= 0.3 is 6.09 Å². The maximum absolute atomic E-state index is 13.5. The predicted molar refractivity (Wildman–Crippen MR) is 138 cm³/mol. The summed E-state index contributed by atoms with van der Waals surface area (Å²) in [5.41, 5.74) is 2.23. The van der Waals surface area contributed by atoms with Crippen molar-refractivity contribution in [1.29, 1.82) is 0 Å². The maximum atomic E-state index is 13.5. The third-order valence-electron chi connectivity index (χ3n) is 5.53. The molecule has 1 atom stereocenters. The van der Waals surface area contributed by atoms with Gasteiger partial charge in [0.2, 0.25) is 5.91 Å². The van der Waals surface area contributed by atoms with Gasteiger partial charge in [-0.3, -0.25) is 4.79 Å². The summed E-state index contributed by atoms with van der Waals surface area (Å²) in [6.45, 7) is 9.72. The van der Waals surface area contributed by atoms with Gasteiger partial charge in [0.25, 0.3) is 0 Å². The number of carbonyl (C=O) groups is 2. The summed E-state index contributed by atoms with van der Waals surface area (Å²) in [4.78, 5) is 30.0. The van der Waals surface area contributed by atoms with Crippen LogP contribution in [0, 0.1) is 6.92 Å². The molecule has 9 heteroatoms. The van der Waals surface area contributed by atoms with Crippen LogP contribution in [0.4, 0.5) is 10.5 Å². The second-order valence-electron chi connectivity index (χ2n) is 9.38. The van der Waals surface area contributed by atoms with E-state index in [1.165, 1.54) is 0 Å². The molecule has 0 radical (unpaired) electrons. The van der Waals surface area contributed by atoms with E-state index in [4.69, 9.17) is 39.5 Å². The molecular weight excluding hydrogens is 497 g/mol. The number of hydrogen-bond donors (Lipinski definition) is 1. The molecule has 1 fully saturated rings. The maximum Gasteiger partial charge on any atom is 0.408 e. The van der Waals surface area contributed by atoms with Crippen LogP contribution in [0.15, 0.2) is 36.4 Å². The summed E-state index contributed by atoms with van der Waals surface area (Å²) >= 11 is 18.6. The van der Waals surface area contributed by atoms with E-state index in [1.54, 1.807) is 43.9 Å². The summed E-state index contributed by atoms with van der Waals surface area (Å²) in [6.07, 6.45) is -0.425. The molecule has 1 aliphatic rings. The largest absolute Gasteiger partial charge is 0.444 e. The number of halogens is 3. The lowest BCUT2D eigenvalue weighted by Gasteiger charge is -2.38. The van der Waals surface area contributed by atoms with E-state index < -0.39 is 17.7 Å². The zero-order valence-corrected chi connectivity index (χ0v) is 22.1. The van der Waals surface area contributed by atoms with E-state index in [1.807, 2.05) is 25.1 Å². The number of alkyl carbamates (subject to hydrolysis) is 1. The fraction of sp³-hybridized carbons (Fsp3) is 0.440. The summed E-state index contributed by atoms with van der Waals surface area (Å²) in [6, 6.07) is 10.1. The molecule has 1 unspecified atom stereocenters. The van der Waals surface area contributed by atoms with Gasteiger partial charge in [0, 0.05) is 53.4 Å². The molecule has 184 valence electrons. The Morgan fingerprint density at radius 2 is 1.62 bits per heavy atom. The Hall–Kier alpha value is -2.15. The van der Waals surface area contributed by atoms with E-state index >= 15 is 0 Å². The van der Waals surface area contributed by atoms with Gasteiger partial charge in [0.15, 0.2) is 0 Å². The van der Waals surface area contributed by atoms with Gasteiger partial charge in [-0.25, -0.2) is 4.79 Å². The predicted octanol–water partition coefficient (Wildman–Crippen LogP) is 5.74. The molecule has 1 aliphatic heterocycles. The number of aryl methyl sites for hydroxylation is 1. The smallest absolute Gasteiger partial charge is 0.408 e. The van der Waals surface area contributed by atoms with Crippen molar-refractivity contribution in [2.45, 2.75) is 45.8 Å². The van der Waals surface area contributed by atoms with Crippen molar-refractivity contribution in [2.24, 2.45) is 0 Å². The van der Waals surface area contributed by atoms with Crippen molar-refractivity contribution in [3.05, 3.63) is 62.6 Å². The second-order valence-corrected chi connectivity index (χ2v) is 10.7. The quantitative estimate of drug-likeness (QED) is 0.540. The van der Waals surface area contributed by atoms with Crippen molar-refractivity contribution in [2.75, 3.05) is 31.1 Å². The van der Waals surface area contributed by atoms with Crippen molar-refractivity contribution in [3.63, 3.8) is 0 Å². The SMILES string of the molecule is Cc1ccc(Cl)cc1N1CCN(C(=O)C(Cc2ccc(Cl)cc2Cl)NC(=O)OC(C)(C)C)CC1. The van der Waals surface area contributed by atoms with E-state index in [0.717, 1.165) is 11.3 Å². The Labute approximate surface area is 216 Å². The fourth-order valence-corrected chi connectivity index (χ4v) is 4.52. The van der Waals surface area contributed by atoms with E-state index in [9.17, 15) is 9.59 Å². The molecule has 3 rings (SSSR count). The first kappa shape index (κ1) is 26.5. The first-order valence-corrected chi connectivity index (χ1v) is 12.3. The highest BCUT2D eigenvalue weighted by molar-refractivity contribution is 6.35. The number of ether oxygens (including phenoxy) is 1. The molecule has 34 heavy (non-hydrogen) atoms. The molecule has 0 bridgehead atoms. The highest BCUT2D eigenvalue weighted by Gasteiger charge is 2.31. The Morgan fingerprint density at radius 1 is 1.00 bits per heavy atom. The number of nitrogens with zero attached hydrogens (tertiary/aromatic N) is 2. The van der Waals surface area contributed by atoms with Gasteiger partial charge in [-0.1, -0.05) is 46.9 Å². The second kappa shape index (κ2) is 11.1. The van der Waals surface area contributed by atoms with Crippen LogP contribution in [-0.4, -0.2) is 54.7 Å². The summed E-state index contributed by atoms with van der Waals surface area (Å²) < 4.78 is 5.40. The normalized spacial score (nSPS) is 15.1. The van der Waals surface area contributed by atoms with Crippen LogP contribution in [0.5, 0.6) is 0 Å². The van der Waals surface area contributed by atoms with Crippen molar-refractivity contribution in [3.8, 4) is 0 Å². The highest BCUT2D eigenvalue weighted by atomic mass is 35.5. The van der Waals surface area contributed by atoms with Crippen molar-refractivity contribution >= 4 is 52.5 Å². The van der Waals surface area contributed by atoms with Crippen molar-refractivity contribution < 1.29 is 14.3 Å². The first-order valence-electron chi connectivity index (χ1n) is 11.2. The molecule has 1 N–H and O–H groups in total. The van der Waals surface area contributed by atoms with Crippen molar-refractivity contribution in [1.82, 2.24) is 10.2 Å². The molecule has 6 nitrogen and oxygen atoms in total. The lowest BCUT2D eigenvalue weighted by molar-refractivity contribution is -0.133. The zero-order chi connectivity index (χ0) is 25.0. The molecule has 2 amide bonds. The molecule has 2 aromatic rings. The summed E-state index contributed by atoms with van der Waals surface area (Å²) in [7, 11) is 0. The summed E-state index contributed by atoms with van der Waals surface area (Å²) in [5.74, 6) is -0.181. The van der Waals surface area contributed by atoms with E-state index in [2.05, 4.69) is 10.2 Å². The molecular formula is C25H30Cl3N3O3. The summed E-state index contributed by atoms with van der Waals surface area (Å²) in [5, 5.41) is 4.37. The van der Waals surface area contributed by atoms with Gasteiger partial charge in [-0.05, 0) is 63.1 Å². The Morgan fingerprint density at radius 3 is 2.24 bits per heavy atom. The van der Waals surface area contributed by atoms with Crippen LogP contribution in [-0.2, 0) is 16.0 Å². The lowest BCUT2D eigenvalue weighted by Crippen LogP contribution is -2.56. The van der Waals surface area contributed by atoms with Crippen LogP contribution in [0.1, 0.15) is 31.9 Å². The number of rotatable bonds is 5. The average Bonchev–Trinajstić information content (AvgIpc) is 2.75. The van der Waals surface area contributed by atoms with Crippen LogP contribution >= 0.6 is 34.8 Å². The molecule has 0 aromatic heterocycles. The minimum atomic E-state index is -0.826. The van der Waals surface area contributed by atoms with Gasteiger partial charge < -0.3 is 19.9 Å². The minimum absolute atomic E-state index is 0.181. The van der Waals surface area contributed by atoms with Crippen LogP contribution in [0.3, 0.4) is 0 Å². The van der Waals surface area contributed by atoms with E-state index in [-0.39, 0.29) is 12.3 Å². The van der Waals surface area contributed by atoms with Gasteiger partial charge in [0.05, 0.1) is 0 Å². The zero-order valence-electron chi connectivity index (χ0n) is 19.8.